The van der Waals surface area contributed by atoms with E-state index in [1.165, 1.54) is 5.57 Å². The fourth-order valence-corrected chi connectivity index (χ4v) is 2.50. The van der Waals surface area contributed by atoms with E-state index in [2.05, 4.69) is 43.8 Å². The Bertz CT molecular complexity index is 203. The van der Waals surface area contributed by atoms with Crippen molar-refractivity contribution in [3.05, 3.63) is 23.8 Å². The van der Waals surface area contributed by atoms with Gasteiger partial charge >= 0.3 is 0 Å². The summed E-state index contributed by atoms with van der Waals surface area (Å²) in [6.45, 7) is 4.52. The van der Waals surface area contributed by atoms with E-state index >= 15 is 0 Å². The lowest BCUT2D eigenvalue weighted by Crippen LogP contribution is -2.08. The lowest BCUT2D eigenvalue weighted by Gasteiger charge is -2.05. The fraction of sp³-hybridized carbons (Fsp3) is 0.500. The van der Waals surface area contributed by atoms with E-state index in [-0.39, 0.29) is 0 Å². The Morgan fingerprint density at radius 2 is 2.44 bits per heavy atom. The van der Waals surface area contributed by atoms with Crippen LogP contribution in [0.5, 0.6) is 0 Å². The lowest BCUT2D eigenvalue weighted by atomic mass is 9.97. The Kier molecular flexibility index (Phi) is 0.907. The highest BCUT2D eigenvalue weighted by atomic mass is 32.2. The molecule has 0 radical (unpaired) electrons. The van der Waals surface area contributed by atoms with Gasteiger partial charge in [0.1, 0.15) is 0 Å². The highest BCUT2D eigenvalue weighted by Crippen LogP contribution is 2.59. The van der Waals surface area contributed by atoms with Crippen molar-refractivity contribution in [3.63, 3.8) is 0 Å². The zero-order chi connectivity index (χ0) is 6.48. The molecule has 1 saturated heterocycles. The third kappa shape index (κ3) is 0.677. The lowest BCUT2D eigenvalue weighted by molar-refractivity contribution is 0.884. The molecule has 2 aliphatic rings. The summed E-state index contributed by atoms with van der Waals surface area (Å²) in [5.41, 5.74) is 1.53. The van der Waals surface area contributed by atoms with Crippen molar-refractivity contribution in [3.8, 4) is 0 Å². The Labute approximate surface area is 60.0 Å². The van der Waals surface area contributed by atoms with Crippen LogP contribution in [-0.4, -0.2) is 10.00 Å². The average molecular weight is 138 g/mol. The summed E-state index contributed by atoms with van der Waals surface area (Å²) in [7, 11) is 0. The molecule has 0 saturated carbocycles. The van der Waals surface area contributed by atoms with E-state index in [1.807, 2.05) is 0 Å². The summed E-state index contributed by atoms with van der Waals surface area (Å²) < 4.78 is 0.485. The molecule has 0 bridgehead atoms. The Balaban J connectivity index is 2.34. The van der Waals surface area contributed by atoms with Crippen LogP contribution in [0.1, 0.15) is 13.8 Å². The molecule has 2 rings (SSSR count). The maximum Gasteiger partial charge on any atom is 0.0476 e. The smallest absolute Gasteiger partial charge is 0.0476 e. The minimum Gasteiger partial charge on any atom is -0.140 e. The highest BCUT2D eigenvalue weighted by Gasteiger charge is 2.50. The summed E-state index contributed by atoms with van der Waals surface area (Å²) >= 11 is 2.05. The van der Waals surface area contributed by atoms with E-state index in [9.17, 15) is 0 Å². The molecule has 0 N–H and O–H groups in total. The maximum atomic E-state index is 2.30. The molecule has 1 fully saturated rings. The monoisotopic (exact) mass is 138 g/mol. The van der Waals surface area contributed by atoms with Crippen molar-refractivity contribution in [2.24, 2.45) is 0 Å². The normalized spacial score (nSPS) is 46.0. The number of hydrogen-bond donors (Lipinski definition) is 0. The molecule has 2 unspecified atom stereocenters. The number of thioether (sulfide) groups is 1. The van der Waals surface area contributed by atoms with Crippen molar-refractivity contribution in [1.82, 2.24) is 0 Å². The fourth-order valence-electron chi connectivity index (χ4n) is 1.37. The standard InChI is InChI=1S/C8H10S/c1-6-4-3-5-8(2)7(6)9-8/h3-5,7H,1-2H3. The van der Waals surface area contributed by atoms with Gasteiger partial charge in [0.25, 0.3) is 0 Å². The molecule has 0 aromatic rings. The van der Waals surface area contributed by atoms with Gasteiger partial charge in [-0.1, -0.05) is 23.8 Å². The molecule has 0 aromatic heterocycles. The largest absolute Gasteiger partial charge is 0.140 e. The number of hydrogen-bond acceptors (Lipinski definition) is 1. The molecule has 0 amide bonds. The van der Waals surface area contributed by atoms with Crippen LogP contribution in [-0.2, 0) is 0 Å². The van der Waals surface area contributed by atoms with E-state index in [4.69, 9.17) is 0 Å². The molecule has 1 aliphatic carbocycles. The molecule has 1 aliphatic heterocycles. The Morgan fingerprint density at radius 1 is 1.67 bits per heavy atom. The van der Waals surface area contributed by atoms with E-state index in [0.717, 1.165) is 5.25 Å². The van der Waals surface area contributed by atoms with Gasteiger partial charge in [-0.3, -0.25) is 0 Å². The van der Waals surface area contributed by atoms with E-state index in [0.29, 0.717) is 4.75 Å². The van der Waals surface area contributed by atoms with Gasteiger partial charge in [0.2, 0.25) is 0 Å². The van der Waals surface area contributed by atoms with Crippen molar-refractivity contribution >= 4 is 11.8 Å². The quantitative estimate of drug-likeness (QED) is 0.463. The highest BCUT2D eigenvalue weighted by molar-refractivity contribution is 8.09. The van der Waals surface area contributed by atoms with Crippen LogP contribution in [0, 0.1) is 0 Å². The molecule has 1 heterocycles. The second-order valence-electron chi connectivity index (χ2n) is 2.95. The van der Waals surface area contributed by atoms with Gasteiger partial charge < -0.3 is 0 Å². The van der Waals surface area contributed by atoms with Crippen molar-refractivity contribution in [2.45, 2.75) is 23.8 Å². The predicted molar refractivity (Wildman–Crippen MR) is 42.7 cm³/mol. The first-order valence-corrected chi connectivity index (χ1v) is 4.14. The first-order chi connectivity index (χ1) is 4.22. The summed E-state index contributed by atoms with van der Waals surface area (Å²) in [5.74, 6) is 0. The minimum absolute atomic E-state index is 0.485. The van der Waals surface area contributed by atoms with Gasteiger partial charge in [0.05, 0.1) is 0 Å². The van der Waals surface area contributed by atoms with Gasteiger partial charge in [-0.25, -0.2) is 0 Å². The van der Waals surface area contributed by atoms with Gasteiger partial charge in [0.15, 0.2) is 0 Å². The van der Waals surface area contributed by atoms with Gasteiger partial charge in [0, 0.05) is 10.00 Å². The SMILES string of the molecule is CC1=CC=CC2(C)SC12. The second-order valence-corrected chi connectivity index (χ2v) is 4.54. The van der Waals surface area contributed by atoms with Gasteiger partial charge in [-0.05, 0) is 13.8 Å². The molecular weight excluding hydrogens is 128 g/mol. The Morgan fingerprint density at radius 3 is 3.00 bits per heavy atom. The molecule has 2 atom stereocenters. The third-order valence-electron chi connectivity index (χ3n) is 2.03. The topological polar surface area (TPSA) is 0 Å². The molecule has 0 spiro atoms. The molecule has 0 aromatic carbocycles. The zero-order valence-electron chi connectivity index (χ0n) is 5.72. The van der Waals surface area contributed by atoms with Crippen molar-refractivity contribution in [1.29, 1.82) is 0 Å². The first-order valence-electron chi connectivity index (χ1n) is 3.26. The van der Waals surface area contributed by atoms with E-state index in [1.54, 1.807) is 0 Å². The number of fused-ring (bicyclic) bond motifs is 1. The molecule has 0 nitrogen and oxygen atoms in total. The third-order valence-corrected chi connectivity index (χ3v) is 3.76. The van der Waals surface area contributed by atoms with Crippen LogP contribution in [0.15, 0.2) is 23.8 Å². The van der Waals surface area contributed by atoms with Crippen LogP contribution < -0.4 is 0 Å². The molecule has 9 heavy (non-hydrogen) atoms. The average Bonchev–Trinajstić information content (AvgIpc) is 2.43. The van der Waals surface area contributed by atoms with Crippen molar-refractivity contribution in [2.75, 3.05) is 0 Å². The molecule has 1 heteroatoms. The van der Waals surface area contributed by atoms with Gasteiger partial charge in [-0.2, -0.15) is 0 Å². The molecule has 48 valence electrons. The van der Waals surface area contributed by atoms with E-state index < -0.39 is 0 Å². The summed E-state index contributed by atoms with van der Waals surface area (Å²) in [4.78, 5) is 0. The zero-order valence-corrected chi connectivity index (χ0v) is 6.53. The van der Waals surface area contributed by atoms with Crippen LogP contribution in [0.3, 0.4) is 0 Å². The van der Waals surface area contributed by atoms with Crippen LogP contribution >= 0.6 is 11.8 Å². The second kappa shape index (κ2) is 1.46. The minimum atomic E-state index is 0.485. The summed E-state index contributed by atoms with van der Waals surface area (Å²) in [6, 6.07) is 0. The first kappa shape index (κ1) is 5.60. The van der Waals surface area contributed by atoms with Crippen LogP contribution in [0.2, 0.25) is 0 Å². The van der Waals surface area contributed by atoms with Crippen LogP contribution in [0.25, 0.3) is 0 Å². The maximum absolute atomic E-state index is 2.30. The van der Waals surface area contributed by atoms with Crippen LogP contribution in [0.4, 0.5) is 0 Å². The van der Waals surface area contributed by atoms with Gasteiger partial charge in [-0.15, -0.1) is 11.8 Å². The summed E-state index contributed by atoms with van der Waals surface area (Å²) in [5, 5.41) is 0.808. The Hall–Kier alpha value is -0.170. The predicted octanol–water partition coefficient (Wildman–Crippen LogP) is 2.38. The number of rotatable bonds is 0. The van der Waals surface area contributed by atoms with Crippen molar-refractivity contribution < 1.29 is 0 Å². The summed E-state index contributed by atoms with van der Waals surface area (Å²) in [6.07, 6.45) is 6.69. The molecular formula is C8H10S. The number of allylic oxidation sites excluding steroid dienone is 2.